The molecule has 2 unspecified atom stereocenters. The van der Waals surface area contributed by atoms with Crippen LogP contribution in [-0.4, -0.2) is 23.3 Å². The first-order valence-corrected chi connectivity index (χ1v) is 6.89. The second-order valence-electron chi connectivity index (χ2n) is 4.87. The van der Waals surface area contributed by atoms with Crippen molar-refractivity contribution in [2.24, 2.45) is 5.92 Å². The van der Waals surface area contributed by atoms with Gasteiger partial charge in [-0.05, 0) is 18.4 Å². The standard InChI is InChI=1S/C16H19NO3/c1-2-6-14(11-13-7-4-3-5-8-13)16(19)17-9-10-20-15(17)12-18/h3-5,7-10,12,14-15H,2,6,11H2,1H3. The molecule has 4 nitrogen and oxygen atoms in total. The fourth-order valence-electron chi connectivity index (χ4n) is 2.40. The van der Waals surface area contributed by atoms with Crippen molar-refractivity contribution in [2.45, 2.75) is 32.4 Å². The molecule has 0 spiro atoms. The highest BCUT2D eigenvalue weighted by atomic mass is 16.5. The molecule has 0 saturated heterocycles. The number of hydrogen-bond donors (Lipinski definition) is 0. The number of nitrogens with zero attached hydrogens (tertiary/aromatic N) is 1. The number of carbonyl (C=O) groups excluding carboxylic acids is 2. The third kappa shape index (κ3) is 3.26. The van der Waals surface area contributed by atoms with Crippen LogP contribution in [0.5, 0.6) is 0 Å². The van der Waals surface area contributed by atoms with Crippen molar-refractivity contribution in [3.63, 3.8) is 0 Å². The minimum atomic E-state index is -0.808. The van der Waals surface area contributed by atoms with E-state index < -0.39 is 6.23 Å². The average Bonchev–Trinajstić information content (AvgIpc) is 2.95. The van der Waals surface area contributed by atoms with Gasteiger partial charge >= 0.3 is 0 Å². The number of carbonyl (C=O) groups is 2. The van der Waals surface area contributed by atoms with Crippen molar-refractivity contribution in [3.8, 4) is 0 Å². The fraction of sp³-hybridized carbons (Fsp3) is 0.375. The molecule has 0 aromatic heterocycles. The van der Waals surface area contributed by atoms with E-state index in [0.29, 0.717) is 12.7 Å². The molecule has 0 saturated carbocycles. The summed E-state index contributed by atoms with van der Waals surface area (Å²) in [5.74, 6) is -0.183. The van der Waals surface area contributed by atoms with Gasteiger partial charge in [-0.15, -0.1) is 0 Å². The lowest BCUT2D eigenvalue weighted by atomic mass is 9.93. The Labute approximate surface area is 119 Å². The van der Waals surface area contributed by atoms with Crippen LogP contribution in [0, 0.1) is 5.92 Å². The zero-order chi connectivity index (χ0) is 14.4. The largest absolute Gasteiger partial charge is 0.469 e. The van der Waals surface area contributed by atoms with Crippen LogP contribution in [0.2, 0.25) is 0 Å². The molecule has 106 valence electrons. The first kappa shape index (κ1) is 14.3. The van der Waals surface area contributed by atoms with Crippen molar-refractivity contribution in [1.82, 2.24) is 4.90 Å². The second-order valence-corrected chi connectivity index (χ2v) is 4.87. The first-order valence-electron chi connectivity index (χ1n) is 6.89. The summed E-state index contributed by atoms with van der Waals surface area (Å²) in [4.78, 5) is 24.8. The summed E-state index contributed by atoms with van der Waals surface area (Å²) in [6, 6.07) is 9.93. The van der Waals surface area contributed by atoms with Gasteiger partial charge in [-0.3, -0.25) is 14.5 Å². The van der Waals surface area contributed by atoms with Gasteiger partial charge in [0.25, 0.3) is 0 Å². The molecule has 0 N–H and O–H groups in total. The first-order chi connectivity index (χ1) is 9.76. The van der Waals surface area contributed by atoms with Crippen LogP contribution in [0.4, 0.5) is 0 Å². The molecule has 1 aromatic rings. The van der Waals surface area contributed by atoms with Gasteiger partial charge in [0.1, 0.15) is 6.26 Å². The molecule has 1 heterocycles. The minimum Gasteiger partial charge on any atom is -0.469 e. The minimum absolute atomic E-state index is 0.0541. The van der Waals surface area contributed by atoms with Crippen LogP contribution in [0.3, 0.4) is 0 Å². The van der Waals surface area contributed by atoms with Crippen molar-refractivity contribution in [1.29, 1.82) is 0 Å². The Balaban J connectivity index is 2.09. The van der Waals surface area contributed by atoms with Gasteiger partial charge in [0.15, 0.2) is 6.29 Å². The molecule has 2 rings (SSSR count). The molecular weight excluding hydrogens is 254 g/mol. The predicted molar refractivity (Wildman–Crippen MR) is 75.5 cm³/mol. The summed E-state index contributed by atoms with van der Waals surface area (Å²) < 4.78 is 5.07. The number of benzene rings is 1. The Kier molecular flexibility index (Phi) is 4.93. The summed E-state index contributed by atoms with van der Waals surface area (Å²) in [7, 11) is 0. The molecule has 0 aliphatic carbocycles. The molecule has 0 radical (unpaired) electrons. The zero-order valence-corrected chi connectivity index (χ0v) is 11.6. The van der Waals surface area contributed by atoms with Gasteiger partial charge in [-0.25, -0.2) is 0 Å². The van der Waals surface area contributed by atoms with Gasteiger partial charge in [-0.1, -0.05) is 43.7 Å². The van der Waals surface area contributed by atoms with Crippen molar-refractivity contribution in [3.05, 3.63) is 48.4 Å². The van der Waals surface area contributed by atoms with Gasteiger partial charge in [0.05, 0.1) is 0 Å². The third-order valence-corrected chi connectivity index (χ3v) is 3.40. The molecule has 20 heavy (non-hydrogen) atoms. The lowest BCUT2D eigenvalue weighted by Gasteiger charge is -2.23. The van der Waals surface area contributed by atoms with Crippen molar-refractivity contribution < 1.29 is 14.3 Å². The maximum atomic E-state index is 12.5. The van der Waals surface area contributed by atoms with Gasteiger partial charge in [0, 0.05) is 12.1 Å². The Morgan fingerprint density at radius 2 is 2.15 bits per heavy atom. The maximum Gasteiger partial charge on any atom is 0.233 e. The van der Waals surface area contributed by atoms with E-state index in [0.717, 1.165) is 18.4 Å². The summed E-state index contributed by atoms with van der Waals surface area (Å²) in [6.07, 6.45) is 5.17. The maximum absolute atomic E-state index is 12.5. The van der Waals surface area contributed by atoms with Gasteiger partial charge in [-0.2, -0.15) is 0 Å². The lowest BCUT2D eigenvalue weighted by Crippen LogP contribution is -2.39. The normalized spacial score (nSPS) is 18.6. The van der Waals surface area contributed by atoms with E-state index in [2.05, 4.69) is 6.92 Å². The number of rotatable bonds is 6. The summed E-state index contributed by atoms with van der Waals surface area (Å²) in [5, 5.41) is 0. The van der Waals surface area contributed by atoms with E-state index in [-0.39, 0.29) is 11.8 Å². The molecule has 0 fully saturated rings. The number of amides is 1. The van der Waals surface area contributed by atoms with Crippen LogP contribution in [0.25, 0.3) is 0 Å². The molecule has 4 heteroatoms. The molecule has 1 amide bonds. The molecule has 2 atom stereocenters. The van der Waals surface area contributed by atoms with Crippen LogP contribution in [0.15, 0.2) is 42.8 Å². The monoisotopic (exact) mass is 273 g/mol. The number of ether oxygens (including phenoxy) is 1. The van der Waals surface area contributed by atoms with Crippen molar-refractivity contribution >= 4 is 12.2 Å². The van der Waals surface area contributed by atoms with Crippen LogP contribution in [-0.2, 0) is 20.7 Å². The molecule has 0 bridgehead atoms. The second kappa shape index (κ2) is 6.89. The number of hydrogen-bond acceptors (Lipinski definition) is 3. The molecule has 1 aliphatic heterocycles. The third-order valence-electron chi connectivity index (χ3n) is 3.40. The van der Waals surface area contributed by atoms with Crippen LogP contribution < -0.4 is 0 Å². The Hall–Kier alpha value is -2.10. The molecular formula is C16H19NO3. The highest BCUT2D eigenvalue weighted by molar-refractivity contribution is 5.83. The number of aldehydes is 1. The van der Waals surface area contributed by atoms with Gasteiger partial charge < -0.3 is 4.74 Å². The average molecular weight is 273 g/mol. The molecule has 1 aliphatic rings. The van der Waals surface area contributed by atoms with E-state index >= 15 is 0 Å². The smallest absolute Gasteiger partial charge is 0.233 e. The summed E-state index contributed by atoms with van der Waals surface area (Å²) in [6.45, 7) is 2.05. The fourth-order valence-corrected chi connectivity index (χ4v) is 2.40. The topological polar surface area (TPSA) is 46.6 Å². The van der Waals surface area contributed by atoms with Gasteiger partial charge in [0.2, 0.25) is 12.1 Å². The summed E-state index contributed by atoms with van der Waals surface area (Å²) in [5.41, 5.74) is 1.13. The van der Waals surface area contributed by atoms with E-state index in [4.69, 9.17) is 4.74 Å². The zero-order valence-electron chi connectivity index (χ0n) is 11.6. The Morgan fingerprint density at radius 1 is 1.40 bits per heavy atom. The van der Waals surface area contributed by atoms with E-state index in [1.165, 1.54) is 17.4 Å². The highest BCUT2D eigenvalue weighted by Crippen LogP contribution is 2.21. The summed E-state index contributed by atoms with van der Waals surface area (Å²) >= 11 is 0. The van der Waals surface area contributed by atoms with Crippen molar-refractivity contribution in [2.75, 3.05) is 0 Å². The Bertz CT molecular complexity index is 484. The van der Waals surface area contributed by atoms with E-state index in [1.807, 2.05) is 30.3 Å². The van der Waals surface area contributed by atoms with Crippen LogP contribution in [0.1, 0.15) is 25.3 Å². The Morgan fingerprint density at radius 3 is 2.80 bits per heavy atom. The SMILES string of the molecule is CCCC(Cc1ccccc1)C(=O)N1C=COC1C=O. The quantitative estimate of drug-likeness (QED) is 0.748. The van der Waals surface area contributed by atoms with E-state index in [9.17, 15) is 9.59 Å². The van der Waals surface area contributed by atoms with E-state index in [1.54, 1.807) is 0 Å². The highest BCUT2D eigenvalue weighted by Gasteiger charge is 2.31. The predicted octanol–water partition coefficient (Wildman–Crippen LogP) is 2.50. The molecule has 1 aromatic carbocycles. The lowest BCUT2D eigenvalue weighted by molar-refractivity contribution is -0.143. The van der Waals surface area contributed by atoms with Crippen LogP contribution >= 0.6 is 0 Å².